The van der Waals surface area contributed by atoms with Gasteiger partial charge in [0, 0.05) is 12.3 Å². The van der Waals surface area contributed by atoms with Gasteiger partial charge in [-0.2, -0.15) is 0 Å². The molecule has 1 atom stereocenters. The van der Waals surface area contributed by atoms with Crippen molar-refractivity contribution >= 4 is 5.78 Å². The Morgan fingerprint density at radius 3 is 1.82 bits per heavy atom. The van der Waals surface area contributed by atoms with Crippen molar-refractivity contribution in [1.82, 2.24) is 0 Å². The molecule has 0 unspecified atom stereocenters. The minimum Gasteiger partial charge on any atom is -0.299 e. The van der Waals surface area contributed by atoms with Crippen molar-refractivity contribution in [1.29, 1.82) is 0 Å². The summed E-state index contributed by atoms with van der Waals surface area (Å²) >= 11 is 0. The van der Waals surface area contributed by atoms with Crippen LogP contribution in [0.1, 0.15) is 90.4 Å². The fraction of sp³-hybridized carbons (Fsp3) is 0.938. The summed E-state index contributed by atoms with van der Waals surface area (Å²) in [4.78, 5) is 11.1. The number of Topliss-reactive ketones (excluding diaryl/α,β-unsaturated/α-hetero) is 1. The first kappa shape index (κ1) is 14.7. The molecule has 0 heterocycles. The quantitative estimate of drug-likeness (QED) is 0.448. The van der Waals surface area contributed by atoms with E-state index in [0.717, 1.165) is 6.42 Å². The van der Waals surface area contributed by atoms with Crippen molar-refractivity contribution in [2.24, 2.45) is 5.92 Å². The Balaban J connectivity index is 1.71. The lowest BCUT2D eigenvalue weighted by Crippen LogP contribution is -2.25. The molecule has 1 aliphatic rings. The van der Waals surface area contributed by atoms with Crippen LogP contribution in [-0.4, -0.2) is 5.78 Å². The predicted molar refractivity (Wildman–Crippen MR) is 74.2 cm³/mol. The summed E-state index contributed by atoms with van der Waals surface area (Å²) < 4.78 is 0. The van der Waals surface area contributed by atoms with Gasteiger partial charge in [-0.1, -0.05) is 71.1 Å². The molecule has 1 aliphatic carbocycles. The molecule has 17 heavy (non-hydrogen) atoms. The van der Waals surface area contributed by atoms with Crippen LogP contribution in [-0.2, 0) is 4.79 Å². The molecular weight excluding hydrogens is 208 g/mol. The number of carbonyl (C=O) groups is 1. The SMILES string of the molecule is CCCCCCCCCCCC[C@H]1CCC1=O. The predicted octanol–water partition coefficient (Wildman–Crippen LogP) is 5.28. The second-order valence-corrected chi connectivity index (χ2v) is 5.67. The lowest BCUT2D eigenvalue weighted by molar-refractivity contribution is -0.129. The first-order chi connectivity index (χ1) is 8.34. The van der Waals surface area contributed by atoms with Crippen LogP contribution < -0.4 is 0 Å². The van der Waals surface area contributed by atoms with Gasteiger partial charge in [0.1, 0.15) is 5.78 Å². The Morgan fingerprint density at radius 1 is 0.882 bits per heavy atom. The van der Waals surface area contributed by atoms with Crippen LogP contribution in [0.25, 0.3) is 0 Å². The van der Waals surface area contributed by atoms with Gasteiger partial charge in [0.15, 0.2) is 0 Å². The molecule has 0 amide bonds. The van der Waals surface area contributed by atoms with Crippen molar-refractivity contribution < 1.29 is 4.79 Å². The highest BCUT2D eigenvalue weighted by molar-refractivity contribution is 5.86. The number of ketones is 1. The van der Waals surface area contributed by atoms with Crippen molar-refractivity contribution in [3.63, 3.8) is 0 Å². The molecule has 0 aromatic heterocycles. The fourth-order valence-electron chi connectivity index (χ4n) is 2.65. The maximum atomic E-state index is 11.1. The van der Waals surface area contributed by atoms with Crippen LogP contribution in [0.3, 0.4) is 0 Å². The van der Waals surface area contributed by atoms with E-state index in [-0.39, 0.29) is 0 Å². The molecule has 0 spiro atoms. The highest BCUT2D eigenvalue weighted by Crippen LogP contribution is 2.27. The van der Waals surface area contributed by atoms with Crippen molar-refractivity contribution in [2.45, 2.75) is 90.4 Å². The minimum absolute atomic E-state index is 0.462. The Morgan fingerprint density at radius 2 is 1.41 bits per heavy atom. The first-order valence-corrected chi connectivity index (χ1v) is 7.87. The number of rotatable bonds is 11. The van der Waals surface area contributed by atoms with E-state index in [9.17, 15) is 4.79 Å². The lowest BCUT2D eigenvalue weighted by Gasteiger charge is -2.23. The van der Waals surface area contributed by atoms with Crippen molar-refractivity contribution in [2.75, 3.05) is 0 Å². The van der Waals surface area contributed by atoms with E-state index in [1.807, 2.05) is 0 Å². The van der Waals surface area contributed by atoms with E-state index in [1.54, 1.807) is 0 Å². The number of unbranched alkanes of at least 4 members (excludes halogenated alkanes) is 9. The Kier molecular flexibility index (Phi) is 8.38. The molecule has 1 heteroatoms. The summed E-state index contributed by atoms with van der Waals surface area (Å²) in [6.45, 7) is 2.27. The summed E-state index contributed by atoms with van der Waals surface area (Å²) in [5.41, 5.74) is 0. The first-order valence-electron chi connectivity index (χ1n) is 7.87. The summed E-state index contributed by atoms with van der Waals surface area (Å²) in [6, 6.07) is 0. The molecule has 0 N–H and O–H groups in total. The third kappa shape index (κ3) is 6.85. The summed E-state index contributed by atoms with van der Waals surface area (Å²) in [5, 5.41) is 0. The molecule has 1 saturated carbocycles. The van der Waals surface area contributed by atoms with Gasteiger partial charge in [0.2, 0.25) is 0 Å². The second kappa shape index (κ2) is 9.67. The monoisotopic (exact) mass is 238 g/mol. The van der Waals surface area contributed by atoms with E-state index in [1.165, 1.54) is 77.0 Å². The second-order valence-electron chi connectivity index (χ2n) is 5.67. The van der Waals surface area contributed by atoms with E-state index in [2.05, 4.69) is 6.92 Å². The van der Waals surface area contributed by atoms with Crippen LogP contribution in [0.4, 0.5) is 0 Å². The van der Waals surface area contributed by atoms with Gasteiger partial charge in [-0.15, -0.1) is 0 Å². The Labute approximate surface area is 107 Å². The Hall–Kier alpha value is -0.330. The highest BCUT2D eigenvalue weighted by atomic mass is 16.1. The van der Waals surface area contributed by atoms with E-state index in [4.69, 9.17) is 0 Å². The van der Waals surface area contributed by atoms with Crippen LogP contribution in [0.2, 0.25) is 0 Å². The fourth-order valence-corrected chi connectivity index (χ4v) is 2.65. The van der Waals surface area contributed by atoms with E-state index >= 15 is 0 Å². The van der Waals surface area contributed by atoms with Gasteiger partial charge >= 0.3 is 0 Å². The zero-order valence-electron chi connectivity index (χ0n) is 11.7. The molecule has 1 fully saturated rings. The molecule has 0 saturated heterocycles. The third-order valence-electron chi connectivity index (χ3n) is 4.10. The van der Waals surface area contributed by atoms with E-state index < -0.39 is 0 Å². The molecule has 100 valence electrons. The van der Waals surface area contributed by atoms with Crippen LogP contribution in [0.15, 0.2) is 0 Å². The van der Waals surface area contributed by atoms with Crippen molar-refractivity contribution in [3.05, 3.63) is 0 Å². The maximum Gasteiger partial charge on any atom is 0.136 e. The molecule has 0 aliphatic heterocycles. The lowest BCUT2D eigenvalue weighted by atomic mass is 9.80. The third-order valence-corrected chi connectivity index (χ3v) is 4.10. The van der Waals surface area contributed by atoms with Crippen LogP contribution in [0, 0.1) is 5.92 Å². The molecule has 1 nitrogen and oxygen atoms in total. The minimum atomic E-state index is 0.462. The molecule has 1 rings (SSSR count). The van der Waals surface area contributed by atoms with E-state index in [0.29, 0.717) is 11.7 Å². The number of hydrogen-bond acceptors (Lipinski definition) is 1. The summed E-state index contributed by atoms with van der Waals surface area (Å²) in [5.74, 6) is 0.991. The van der Waals surface area contributed by atoms with Gasteiger partial charge in [0.05, 0.1) is 0 Å². The van der Waals surface area contributed by atoms with Crippen LogP contribution >= 0.6 is 0 Å². The smallest absolute Gasteiger partial charge is 0.136 e. The van der Waals surface area contributed by atoms with Gasteiger partial charge in [0.25, 0.3) is 0 Å². The zero-order chi connectivity index (χ0) is 12.3. The van der Waals surface area contributed by atoms with Crippen molar-refractivity contribution in [3.8, 4) is 0 Å². The normalized spacial score (nSPS) is 19.4. The number of hydrogen-bond donors (Lipinski definition) is 0. The summed E-state index contributed by atoms with van der Waals surface area (Å²) in [6.07, 6.45) is 17.1. The zero-order valence-corrected chi connectivity index (χ0v) is 11.7. The maximum absolute atomic E-state index is 11.1. The average Bonchev–Trinajstić information content (AvgIpc) is 2.34. The van der Waals surface area contributed by atoms with Gasteiger partial charge in [-0.05, 0) is 12.8 Å². The molecule has 0 bridgehead atoms. The van der Waals surface area contributed by atoms with Crippen LogP contribution in [0.5, 0.6) is 0 Å². The topological polar surface area (TPSA) is 17.1 Å². The standard InChI is InChI=1S/C16H30O/c1-2-3-4-5-6-7-8-9-10-11-12-15-13-14-16(15)17/h15H,2-14H2,1H3/t15-/m0/s1. The van der Waals surface area contributed by atoms with Gasteiger partial charge < -0.3 is 0 Å². The molecular formula is C16H30O. The van der Waals surface area contributed by atoms with Gasteiger partial charge in [-0.3, -0.25) is 4.79 Å². The molecule has 0 aromatic carbocycles. The summed E-state index contributed by atoms with van der Waals surface area (Å²) in [7, 11) is 0. The molecule has 0 aromatic rings. The Bertz CT molecular complexity index is 198. The molecule has 0 radical (unpaired) electrons. The number of carbonyl (C=O) groups excluding carboxylic acids is 1. The largest absolute Gasteiger partial charge is 0.299 e. The highest BCUT2D eigenvalue weighted by Gasteiger charge is 2.26. The average molecular weight is 238 g/mol. The van der Waals surface area contributed by atoms with Gasteiger partial charge in [-0.25, -0.2) is 0 Å².